The average molecular weight is 301 g/mol. The first-order chi connectivity index (χ1) is 10.6. The maximum absolute atomic E-state index is 11.9. The van der Waals surface area contributed by atoms with Crippen LogP contribution in [0.5, 0.6) is 11.6 Å². The van der Waals surface area contributed by atoms with Gasteiger partial charge in [0.25, 0.3) is 0 Å². The standard InChI is InChI=1S/C16H19N3O3/c1-11-9-13(6-7-14(11)21-2)19-16(20)18-10-12-5-4-8-17-15(12)22-3/h4-9H,10H2,1-3H3,(H2,18,19,20). The molecule has 6 heteroatoms. The lowest BCUT2D eigenvalue weighted by atomic mass is 10.2. The molecule has 0 radical (unpaired) electrons. The van der Waals surface area contributed by atoms with Crippen molar-refractivity contribution in [2.45, 2.75) is 13.5 Å². The number of rotatable bonds is 5. The van der Waals surface area contributed by atoms with Crippen LogP contribution in [-0.4, -0.2) is 25.2 Å². The summed E-state index contributed by atoms with van der Waals surface area (Å²) >= 11 is 0. The molecule has 0 unspecified atom stereocenters. The lowest BCUT2D eigenvalue weighted by Gasteiger charge is -2.11. The number of hydrogen-bond donors (Lipinski definition) is 2. The monoisotopic (exact) mass is 301 g/mol. The van der Waals surface area contributed by atoms with Crippen molar-refractivity contribution in [3.05, 3.63) is 47.7 Å². The molecule has 0 aliphatic carbocycles. The van der Waals surface area contributed by atoms with Crippen LogP contribution in [0.3, 0.4) is 0 Å². The summed E-state index contributed by atoms with van der Waals surface area (Å²) < 4.78 is 10.3. The van der Waals surface area contributed by atoms with E-state index in [2.05, 4.69) is 15.6 Å². The van der Waals surface area contributed by atoms with Crippen molar-refractivity contribution < 1.29 is 14.3 Å². The van der Waals surface area contributed by atoms with Crippen molar-refractivity contribution in [3.8, 4) is 11.6 Å². The molecule has 0 aliphatic heterocycles. The summed E-state index contributed by atoms with van der Waals surface area (Å²) in [4.78, 5) is 16.0. The second kappa shape index (κ2) is 7.31. The Kier molecular flexibility index (Phi) is 5.19. The molecule has 1 aromatic heterocycles. The summed E-state index contributed by atoms with van der Waals surface area (Å²) in [5.74, 6) is 1.29. The van der Waals surface area contributed by atoms with Gasteiger partial charge in [-0.3, -0.25) is 0 Å². The molecular weight excluding hydrogens is 282 g/mol. The number of aryl methyl sites for hydroxylation is 1. The maximum atomic E-state index is 11.9. The lowest BCUT2D eigenvalue weighted by molar-refractivity contribution is 0.251. The molecule has 2 aromatic rings. The predicted molar refractivity (Wildman–Crippen MR) is 84.4 cm³/mol. The number of urea groups is 1. The Morgan fingerprint density at radius 3 is 2.73 bits per heavy atom. The summed E-state index contributed by atoms with van der Waals surface area (Å²) in [5, 5.41) is 5.54. The van der Waals surface area contributed by atoms with Crippen LogP contribution in [0, 0.1) is 6.92 Å². The van der Waals surface area contributed by atoms with Crippen LogP contribution in [0.25, 0.3) is 0 Å². The molecule has 0 atom stereocenters. The molecule has 0 saturated heterocycles. The van der Waals surface area contributed by atoms with Crippen LogP contribution in [0.1, 0.15) is 11.1 Å². The van der Waals surface area contributed by atoms with Crippen LogP contribution >= 0.6 is 0 Å². The highest BCUT2D eigenvalue weighted by Crippen LogP contribution is 2.21. The molecular formula is C16H19N3O3. The van der Waals surface area contributed by atoms with E-state index in [0.717, 1.165) is 16.9 Å². The van der Waals surface area contributed by atoms with Gasteiger partial charge in [0.15, 0.2) is 0 Å². The molecule has 1 heterocycles. The second-order valence-electron chi connectivity index (χ2n) is 4.66. The van der Waals surface area contributed by atoms with Crippen LogP contribution < -0.4 is 20.1 Å². The first-order valence-corrected chi connectivity index (χ1v) is 6.81. The zero-order chi connectivity index (χ0) is 15.9. The fourth-order valence-electron chi connectivity index (χ4n) is 2.05. The fourth-order valence-corrected chi connectivity index (χ4v) is 2.05. The quantitative estimate of drug-likeness (QED) is 0.890. The fraction of sp³-hybridized carbons (Fsp3) is 0.250. The number of aromatic nitrogens is 1. The number of nitrogens with one attached hydrogen (secondary N) is 2. The normalized spacial score (nSPS) is 9.95. The van der Waals surface area contributed by atoms with E-state index in [-0.39, 0.29) is 6.03 Å². The topological polar surface area (TPSA) is 72.5 Å². The number of pyridine rings is 1. The van der Waals surface area contributed by atoms with E-state index in [0.29, 0.717) is 18.1 Å². The molecule has 0 aliphatic rings. The van der Waals surface area contributed by atoms with Gasteiger partial charge in [0, 0.05) is 24.0 Å². The number of hydrogen-bond acceptors (Lipinski definition) is 4. The average Bonchev–Trinajstić information content (AvgIpc) is 2.53. The minimum absolute atomic E-state index is 0.296. The Morgan fingerprint density at radius 2 is 2.05 bits per heavy atom. The number of carbonyl (C=O) groups is 1. The van der Waals surface area contributed by atoms with Gasteiger partial charge in [-0.05, 0) is 36.8 Å². The van der Waals surface area contributed by atoms with Crippen molar-refractivity contribution in [1.82, 2.24) is 10.3 Å². The minimum Gasteiger partial charge on any atom is -0.496 e. The molecule has 1 aromatic carbocycles. The van der Waals surface area contributed by atoms with Gasteiger partial charge in [0.2, 0.25) is 5.88 Å². The number of benzene rings is 1. The van der Waals surface area contributed by atoms with E-state index in [1.54, 1.807) is 32.5 Å². The Labute approximate surface area is 129 Å². The third-order valence-electron chi connectivity index (χ3n) is 3.14. The summed E-state index contributed by atoms with van der Waals surface area (Å²) in [5.41, 5.74) is 2.47. The van der Waals surface area contributed by atoms with Crippen LogP contribution in [0.15, 0.2) is 36.5 Å². The zero-order valence-electron chi connectivity index (χ0n) is 12.8. The third-order valence-corrected chi connectivity index (χ3v) is 3.14. The first kappa shape index (κ1) is 15.6. The number of amides is 2. The molecule has 2 amide bonds. The zero-order valence-corrected chi connectivity index (χ0v) is 12.8. The van der Waals surface area contributed by atoms with Gasteiger partial charge < -0.3 is 20.1 Å². The van der Waals surface area contributed by atoms with Gasteiger partial charge in [-0.1, -0.05) is 6.07 Å². The molecule has 0 bridgehead atoms. The van der Waals surface area contributed by atoms with Gasteiger partial charge in [-0.2, -0.15) is 0 Å². The first-order valence-electron chi connectivity index (χ1n) is 6.81. The number of anilines is 1. The second-order valence-corrected chi connectivity index (χ2v) is 4.66. The molecule has 0 saturated carbocycles. The van der Waals surface area contributed by atoms with Crippen molar-refractivity contribution in [3.63, 3.8) is 0 Å². The molecule has 0 fully saturated rings. The van der Waals surface area contributed by atoms with E-state index >= 15 is 0 Å². The van der Waals surface area contributed by atoms with E-state index in [4.69, 9.17) is 9.47 Å². The van der Waals surface area contributed by atoms with Crippen LogP contribution in [0.2, 0.25) is 0 Å². The molecule has 2 N–H and O–H groups in total. The molecule has 22 heavy (non-hydrogen) atoms. The van der Waals surface area contributed by atoms with Gasteiger partial charge in [0.05, 0.1) is 14.2 Å². The number of methoxy groups -OCH3 is 2. The summed E-state index contributed by atoms with van der Waals surface area (Å²) in [6.07, 6.45) is 1.64. The molecule has 2 rings (SSSR count). The van der Waals surface area contributed by atoms with Gasteiger partial charge in [-0.15, -0.1) is 0 Å². The Balaban J connectivity index is 1.94. The van der Waals surface area contributed by atoms with E-state index < -0.39 is 0 Å². The van der Waals surface area contributed by atoms with Crippen LogP contribution in [-0.2, 0) is 6.54 Å². The summed E-state index contributed by atoms with van der Waals surface area (Å²) in [6, 6.07) is 8.80. The highest BCUT2D eigenvalue weighted by molar-refractivity contribution is 5.89. The van der Waals surface area contributed by atoms with Gasteiger partial charge >= 0.3 is 6.03 Å². The third kappa shape index (κ3) is 3.88. The van der Waals surface area contributed by atoms with E-state index in [1.165, 1.54) is 0 Å². The predicted octanol–water partition coefficient (Wildman–Crippen LogP) is 2.73. The van der Waals surface area contributed by atoms with Crippen molar-refractivity contribution in [2.75, 3.05) is 19.5 Å². The molecule has 6 nitrogen and oxygen atoms in total. The number of carbonyl (C=O) groups excluding carboxylic acids is 1. The summed E-state index contributed by atoms with van der Waals surface area (Å²) in [6.45, 7) is 2.25. The van der Waals surface area contributed by atoms with Crippen molar-refractivity contribution in [1.29, 1.82) is 0 Å². The minimum atomic E-state index is -0.296. The van der Waals surface area contributed by atoms with Gasteiger partial charge in [-0.25, -0.2) is 9.78 Å². The Bertz CT molecular complexity index is 659. The van der Waals surface area contributed by atoms with E-state index in [1.807, 2.05) is 25.1 Å². The van der Waals surface area contributed by atoms with Crippen molar-refractivity contribution >= 4 is 11.7 Å². The largest absolute Gasteiger partial charge is 0.496 e. The smallest absolute Gasteiger partial charge is 0.319 e. The lowest BCUT2D eigenvalue weighted by Crippen LogP contribution is -2.28. The highest BCUT2D eigenvalue weighted by Gasteiger charge is 2.07. The number of nitrogens with zero attached hydrogens (tertiary/aromatic N) is 1. The van der Waals surface area contributed by atoms with Crippen molar-refractivity contribution in [2.24, 2.45) is 0 Å². The highest BCUT2D eigenvalue weighted by atomic mass is 16.5. The van der Waals surface area contributed by atoms with E-state index in [9.17, 15) is 4.79 Å². The Hall–Kier alpha value is -2.76. The Morgan fingerprint density at radius 1 is 1.23 bits per heavy atom. The molecule has 0 spiro atoms. The molecule has 116 valence electrons. The van der Waals surface area contributed by atoms with Crippen LogP contribution in [0.4, 0.5) is 10.5 Å². The SMILES string of the molecule is COc1ccc(NC(=O)NCc2cccnc2OC)cc1C. The summed E-state index contributed by atoms with van der Waals surface area (Å²) in [7, 11) is 3.16. The van der Waals surface area contributed by atoms with Gasteiger partial charge in [0.1, 0.15) is 5.75 Å². The number of ether oxygens (including phenoxy) is 2. The maximum Gasteiger partial charge on any atom is 0.319 e.